The van der Waals surface area contributed by atoms with Gasteiger partial charge in [0.2, 0.25) is 5.95 Å². The first-order valence-corrected chi connectivity index (χ1v) is 14.7. The van der Waals surface area contributed by atoms with Gasteiger partial charge in [0.05, 0.1) is 25.0 Å². The molecule has 1 aliphatic rings. The zero-order valence-electron chi connectivity index (χ0n) is 24.2. The van der Waals surface area contributed by atoms with E-state index in [1.807, 2.05) is 41.0 Å². The number of nitrogens with one attached hydrogen (secondary N) is 2. The smallest absolute Gasteiger partial charge is 0.416 e. The number of ether oxygens (including phenoxy) is 1. The number of imidazole rings is 1. The molecule has 2 N–H and O–H groups in total. The molecular formula is C33H34F3N7O. The number of rotatable bonds is 11. The number of halogens is 3. The topological polar surface area (TPSA) is 80.1 Å². The molecule has 0 atom stereocenters. The van der Waals surface area contributed by atoms with Crippen molar-refractivity contribution in [3.05, 3.63) is 108 Å². The normalized spacial score (nSPS) is 14.5. The van der Waals surface area contributed by atoms with Crippen LogP contribution in [0.2, 0.25) is 0 Å². The van der Waals surface area contributed by atoms with Gasteiger partial charge in [0.15, 0.2) is 17.0 Å². The van der Waals surface area contributed by atoms with Crippen molar-refractivity contribution in [1.82, 2.24) is 24.4 Å². The Labute approximate surface area is 253 Å². The van der Waals surface area contributed by atoms with Gasteiger partial charge < -0.3 is 19.9 Å². The Balaban J connectivity index is 1.17. The standard InChI is InChI=1S/C33H34F3N7O/c34-33(35,36)26-13-11-25(12-14-26)22-43-23-38-29-30(37-17-20-44-28-9-5-2-6-10-28)40-32(41-31(29)43)39-27-15-18-42(19-16-27)21-24-7-3-1-4-8-24/h1-14,23,27H,15-22H2,(H2,37,39,40,41). The van der Waals surface area contributed by atoms with Gasteiger partial charge in [-0.15, -0.1) is 0 Å². The fraction of sp³-hybridized carbons (Fsp3) is 0.303. The van der Waals surface area contributed by atoms with Crippen molar-refractivity contribution in [3.63, 3.8) is 0 Å². The maximum atomic E-state index is 13.1. The summed E-state index contributed by atoms with van der Waals surface area (Å²) < 4.78 is 46.9. The number of hydrogen-bond donors (Lipinski definition) is 2. The van der Waals surface area contributed by atoms with Crippen LogP contribution < -0.4 is 15.4 Å². The molecule has 0 radical (unpaired) electrons. The van der Waals surface area contributed by atoms with Gasteiger partial charge in [-0.1, -0.05) is 60.7 Å². The molecule has 0 unspecified atom stereocenters. The average Bonchev–Trinajstić information content (AvgIpc) is 3.43. The molecule has 3 heterocycles. The van der Waals surface area contributed by atoms with Crippen molar-refractivity contribution in [2.45, 2.75) is 38.1 Å². The van der Waals surface area contributed by atoms with Crippen LogP contribution in [0.15, 0.2) is 91.3 Å². The molecule has 0 spiro atoms. The lowest BCUT2D eigenvalue weighted by molar-refractivity contribution is -0.137. The molecule has 44 heavy (non-hydrogen) atoms. The maximum absolute atomic E-state index is 13.1. The SMILES string of the molecule is FC(F)(F)c1ccc(Cn2cnc3c(NCCOc4ccccc4)nc(NC4CCN(Cc5ccccc5)CC4)nc32)cc1. The van der Waals surface area contributed by atoms with Gasteiger partial charge in [0, 0.05) is 25.7 Å². The highest BCUT2D eigenvalue weighted by Crippen LogP contribution is 2.30. The molecule has 0 bridgehead atoms. The molecule has 5 aromatic rings. The molecule has 1 fully saturated rings. The number of anilines is 2. The summed E-state index contributed by atoms with van der Waals surface area (Å²) in [7, 11) is 0. The Morgan fingerprint density at radius 3 is 2.20 bits per heavy atom. The van der Waals surface area contributed by atoms with Crippen LogP contribution in [0.5, 0.6) is 5.75 Å². The highest BCUT2D eigenvalue weighted by Gasteiger charge is 2.30. The molecule has 11 heteroatoms. The summed E-state index contributed by atoms with van der Waals surface area (Å²) >= 11 is 0. The van der Waals surface area contributed by atoms with E-state index in [2.05, 4.69) is 44.8 Å². The van der Waals surface area contributed by atoms with Crippen LogP contribution in [0.4, 0.5) is 24.9 Å². The van der Waals surface area contributed by atoms with Crippen molar-refractivity contribution in [3.8, 4) is 5.75 Å². The van der Waals surface area contributed by atoms with Gasteiger partial charge in [0.1, 0.15) is 12.4 Å². The Morgan fingerprint density at radius 2 is 1.50 bits per heavy atom. The zero-order valence-corrected chi connectivity index (χ0v) is 24.2. The average molecular weight is 602 g/mol. The van der Waals surface area contributed by atoms with E-state index < -0.39 is 11.7 Å². The van der Waals surface area contributed by atoms with Crippen molar-refractivity contribution in [1.29, 1.82) is 0 Å². The van der Waals surface area contributed by atoms with Crippen LogP contribution in [0.3, 0.4) is 0 Å². The lowest BCUT2D eigenvalue weighted by Crippen LogP contribution is -2.39. The van der Waals surface area contributed by atoms with Crippen molar-refractivity contribution >= 4 is 22.9 Å². The summed E-state index contributed by atoms with van der Waals surface area (Å²) in [6.07, 6.45) is -0.829. The molecular weight excluding hydrogens is 567 g/mol. The van der Waals surface area contributed by atoms with E-state index in [1.165, 1.54) is 17.7 Å². The molecule has 3 aromatic carbocycles. The molecule has 0 saturated carbocycles. The molecule has 228 valence electrons. The van der Waals surface area contributed by atoms with Crippen LogP contribution in [-0.4, -0.2) is 56.7 Å². The first-order chi connectivity index (χ1) is 21.4. The Bertz CT molecular complexity index is 1640. The molecule has 0 aliphatic carbocycles. The molecule has 8 nitrogen and oxygen atoms in total. The summed E-state index contributed by atoms with van der Waals surface area (Å²) in [6.45, 7) is 4.08. The van der Waals surface area contributed by atoms with E-state index in [9.17, 15) is 13.2 Å². The predicted octanol–water partition coefficient (Wildman–Crippen LogP) is 6.46. The highest BCUT2D eigenvalue weighted by molar-refractivity contribution is 5.84. The van der Waals surface area contributed by atoms with Crippen LogP contribution in [0.1, 0.15) is 29.5 Å². The summed E-state index contributed by atoms with van der Waals surface area (Å²) in [4.78, 5) is 16.6. The van der Waals surface area contributed by atoms with Gasteiger partial charge in [-0.3, -0.25) is 4.90 Å². The second-order valence-electron chi connectivity index (χ2n) is 10.9. The minimum Gasteiger partial charge on any atom is -0.492 e. The second-order valence-corrected chi connectivity index (χ2v) is 10.9. The Morgan fingerprint density at radius 1 is 0.818 bits per heavy atom. The summed E-state index contributed by atoms with van der Waals surface area (Å²) in [5, 5.41) is 6.88. The van der Waals surface area contributed by atoms with Crippen LogP contribution >= 0.6 is 0 Å². The lowest BCUT2D eigenvalue weighted by Gasteiger charge is -2.32. The van der Waals surface area contributed by atoms with Crippen LogP contribution in [0, 0.1) is 0 Å². The van der Waals surface area contributed by atoms with E-state index in [1.54, 1.807) is 6.33 Å². The van der Waals surface area contributed by atoms with Crippen molar-refractivity contribution in [2.24, 2.45) is 0 Å². The number of fused-ring (bicyclic) bond motifs is 1. The van der Waals surface area contributed by atoms with Gasteiger partial charge >= 0.3 is 6.18 Å². The third-order valence-corrected chi connectivity index (χ3v) is 7.67. The van der Waals surface area contributed by atoms with E-state index in [0.29, 0.717) is 48.2 Å². The van der Waals surface area contributed by atoms with Gasteiger partial charge in [0.25, 0.3) is 0 Å². The molecule has 1 saturated heterocycles. The fourth-order valence-corrected chi connectivity index (χ4v) is 5.36. The van der Waals surface area contributed by atoms with E-state index >= 15 is 0 Å². The predicted molar refractivity (Wildman–Crippen MR) is 165 cm³/mol. The molecule has 2 aromatic heterocycles. The number of nitrogens with zero attached hydrogens (tertiary/aromatic N) is 5. The summed E-state index contributed by atoms with van der Waals surface area (Å²) in [5.74, 6) is 1.84. The first kappa shape index (κ1) is 29.4. The number of alkyl halides is 3. The van der Waals surface area contributed by atoms with E-state index in [-0.39, 0.29) is 6.04 Å². The van der Waals surface area contributed by atoms with E-state index in [0.717, 1.165) is 50.4 Å². The first-order valence-electron chi connectivity index (χ1n) is 14.7. The Hall–Kier alpha value is -4.64. The van der Waals surface area contributed by atoms with Crippen LogP contribution in [-0.2, 0) is 19.3 Å². The molecule has 6 rings (SSSR count). The van der Waals surface area contributed by atoms with Gasteiger partial charge in [-0.2, -0.15) is 23.1 Å². The van der Waals surface area contributed by atoms with Gasteiger partial charge in [-0.25, -0.2) is 4.98 Å². The van der Waals surface area contributed by atoms with Crippen LogP contribution in [0.25, 0.3) is 11.2 Å². The maximum Gasteiger partial charge on any atom is 0.416 e. The molecule has 1 aliphatic heterocycles. The highest BCUT2D eigenvalue weighted by atomic mass is 19.4. The third-order valence-electron chi connectivity index (χ3n) is 7.67. The van der Waals surface area contributed by atoms with Gasteiger partial charge in [-0.05, 0) is 48.2 Å². The lowest BCUT2D eigenvalue weighted by atomic mass is 10.0. The minimum absolute atomic E-state index is 0.208. The number of para-hydroxylation sites is 1. The zero-order chi connectivity index (χ0) is 30.4. The minimum atomic E-state index is -4.38. The summed E-state index contributed by atoms with van der Waals surface area (Å²) in [6, 6.07) is 25.4. The van der Waals surface area contributed by atoms with Crippen molar-refractivity contribution in [2.75, 3.05) is 36.9 Å². The number of aromatic nitrogens is 4. The Kier molecular flexibility index (Phi) is 8.92. The quantitative estimate of drug-likeness (QED) is 0.168. The molecule has 0 amide bonds. The number of hydrogen-bond acceptors (Lipinski definition) is 7. The number of benzene rings is 3. The van der Waals surface area contributed by atoms with Crippen molar-refractivity contribution < 1.29 is 17.9 Å². The number of piperidine rings is 1. The second kappa shape index (κ2) is 13.3. The summed E-state index contributed by atoms with van der Waals surface area (Å²) in [5.41, 5.74) is 2.52. The largest absolute Gasteiger partial charge is 0.492 e. The van der Waals surface area contributed by atoms with E-state index in [4.69, 9.17) is 14.7 Å². The number of likely N-dealkylation sites (tertiary alicyclic amines) is 1. The fourth-order valence-electron chi connectivity index (χ4n) is 5.36. The monoisotopic (exact) mass is 601 g/mol. The third kappa shape index (κ3) is 7.46.